The Bertz CT molecular complexity index is 456. The fourth-order valence-electron chi connectivity index (χ4n) is 1.68. The van der Waals surface area contributed by atoms with Crippen molar-refractivity contribution in [2.45, 2.75) is 12.3 Å². The second-order valence-electron chi connectivity index (χ2n) is 3.98. The molecule has 0 aliphatic carbocycles. The molecule has 1 saturated heterocycles. The van der Waals surface area contributed by atoms with Crippen molar-refractivity contribution >= 4 is 6.03 Å². The lowest BCUT2D eigenvalue weighted by atomic mass is 10.1. The Morgan fingerprint density at radius 2 is 1.94 bits per heavy atom. The minimum Gasteiger partial charge on any atom is -0.486 e. The molecule has 0 aromatic heterocycles. The van der Waals surface area contributed by atoms with Gasteiger partial charge in [-0.15, -0.1) is 0 Å². The van der Waals surface area contributed by atoms with E-state index in [1.54, 1.807) is 0 Å². The molecule has 0 radical (unpaired) electrons. The van der Waals surface area contributed by atoms with Crippen LogP contribution in [0, 0.1) is 0 Å². The topological polar surface area (TPSA) is 55.6 Å². The summed E-state index contributed by atoms with van der Waals surface area (Å²) in [5, 5.41) is 0. The molecule has 1 aliphatic heterocycles. The Balaban J connectivity index is 2.05. The highest BCUT2D eigenvalue weighted by atomic mass is 19.4. The fraction of sp³-hybridized carbons (Fsp3) is 0.364. The minimum atomic E-state index is -4.45. The first kappa shape index (κ1) is 12.5. The Labute approximate surface area is 101 Å². The van der Waals surface area contributed by atoms with Gasteiger partial charge in [0.25, 0.3) is 0 Å². The van der Waals surface area contributed by atoms with Gasteiger partial charge >= 0.3 is 12.2 Å². The Morgan fingerprint density at radius 3 is 2.50 bits per heavy atom. The number of alkyl halides is 3. The first-order valence-electron chi connectivity index (χ1n) is 5.25. The molecule has 4 nitrogen and oxygen atoms in total. The summed E-state index contributed by atoms with van der Waals surface area (Å²) in [5.41, 5.74) is 4.19. The quantitative estimate of drug-likeness (QED) is 0.882. The van der Waals surface area contributed by atoms with Crippen molar-refractivity contribution in [2.24, 2.45) is 5.73 Å². The lowest BCUT2D eigenvalue weighted by Gasteiger charge is -2.38. The van der Waals surface area contributed by atoms with Crippen molar-refractivity contribution in [3.05, 3.63) is 29.8 Å². The predicted octanol–water partition coefficient (Wildman–Crippen LogP) is 1.85. The van der Waals surface area contributed by atoms with Crippen LogP contribution in [0.2, 0.25) is 0 Å². The van der Waals surface area contributed by atoms with Gasteiger partial charge in [-0.25, -0.2) is 4.79 Å². The van der Waals surface area contributed by atoms with Crippen LogP contribution in [-0.2, 0) is 6.18 Å². The van der Waals surface area contributed by atoms with Crippen molar-refractivity contribution in [3.63, 3.8) is 0 Å². The van der Waals surface area contributed by atoms with Crippen molar-refractivity contribution < 1.29 is 22.7 Å². The van der Waals surface area contributed by atoms with E-state index in [-0.39, 0.29) is 18.8 Å². The summed E-state index contributed by atoms with van der Waals surface area (Å²) < 4.78 is 43.2. The first-order chi connectivity index (χ1) is 8.38. The van der Waals surface area contributed by atoms with E-state index in [4.69, 9.17) is 10.5 Å². The van der Waals surface area contributed by atoms with Gasteiger partial charge in [0.05, 0.1) is 18.7 Å². The second-order valence-corrected chi connectivity index (χ2v) is 3.98. The number of nitrogens with zero attached hydrogens (tertiary/aromatic N) is 1. The van der Waals surface area contributed by atoms with E-state index >= 15 is 0 Å². The third kappa shape index (κ3) is 2.49. The molecule has 0 bridgehead atoms. The zero-order valence-corrected chi connectivity index (χ0v) is 9.28. The second kappa shape index (κ2) is 4.40. The van der Waals surface area contributed by atoms with E-state index < -0.39 is 23.9 Å². The molecule has 0 atom stereocenters. The first-order valence-corrected chi connectivity index (χ1v) is 5.25. The highest BCUT2D eigenvalue weighted by Crippen LogP contribution is 2.36. The van der Waals surface area contributed by atoms with Crippen LogP contribution in [-0.4, -0.2) is 30.1 Å². The molecule has 1 fully saturated rings. The molecule has 2 N–H and O–H groups in total. The Morgan fingerprint density at radius 1 is 1.33 bits per heavy atom. The van der Waals surface area contributed by atoms with Crippen LogP contribution in [0.3, 0.4) is 0 Å². The molecule has 1 aromatic rings. The number of primary amides is 1. The van der Waals surface area contributed by atoms with Gasteiger partial charge in [0.2, 0.25) is 0 Å². The number of amides is 2. The molecule has 7 heteroatoms. The Hall–Kier alpha value is -1.92. The predicted molar refractivity (Wildman–Crippen MR) is 57.0 cm³/mol. The van der Waals surface area contributed by atoms with Gasteiger partial charge in [0.1, 0.15) is 11.9 Å². The maximum absolute atomic E-state index is 12.7. The van der Waals surface area contributed by atoms with Gasteiger partial charge in [0.15, 0.2) is 0 Å². The molecule has 0 unspecified atom stereocenters. The van der Waals surface area contributed by atoms with E-state index in [9.17, 15) is 18.0 Å². The van der Waals surface area contributed by atoms with Crippen LogP contribution in [0.15, 0.2) is 24.3 Å². The molecule has 2 rings (SSSR count). The molecular weight excluding hydrogens is 249 g/mol. The summed E-state index contributed by atoms with van der Waals surface area (Å²) in [4.78, 5) is 12.0. The molecule has 1 heterocycles. The van der Waals surface area contributed by atoms with Crippen molar-refractivity contribution in [2.75, 3.05) is 13.1 Å². The van der Waals surface area contributed by atoms with E-state index in [1.807, 2.05) is 0 Å². The number of benzene rings is 1. The maximum Gasteiger partial charge on any atom is 0.419 e. The molecule has 18 heavy (non-hydrogen) atoms. The van der Waals surface area contributed by atoms with Gasteiger partial charge in [0, 0.05) is 0 Å². The smallest absolute Gasteiger partial charge is 0.419 e. The highest BCUT2D eigenvalue weighted by molar-refractivity contribution is 5.73. The van der Waals surface area contributed by atoms with Gasteiger partial charge < -0.3 is 15.4 Å². The summed E-state index contributed by atoms with van der Waals surface area (Å²) in [5.74, 6) is -0.223. The summed E-state index contributed by atoms with van der Waals surface area (Å²) in [6, 6.07) is 4.38. The summed E-state index contributed by atoms with van der Waals surface area (Å²) >= 11 is 0. The summed E-state index contributed by atoms with van der Waals surface area (Å²) in [6.45, 7) is 0.420. The largest absolute Gasteiger partial charge is 0.486 e. The molecule has 0 spiro atoms. The third-order valence-corrected chi connectivity index (χ3v) is 2.65. The van der Waals surface area contributed by atoms with E-state index in [2.05, 4.69) is 0 Å². The molecular formula is C11H11F3N2O2. The van der Waals surface area contributed by atoms with Gasteiger partial charge in [-0.3, -0.25) is 0 Å². The average Bonchev–Trinajstić information content (AvgIpc) is 2.21. The number of hydrogen-bond donors (Lipinski definition) is 1. The Kier molecular flexibility index (Phi) is 3.06. The number of hydrogen-bond acceptors (Lipinski definition) is 2. The van der Waals surface area contributed by atoms with E-state index in [0.29, 0.717) is 0 Å². The number of urea groups is 1. The number of rotatable bonds is 2. The van der Waals surface area contributed by atoms with Gasteiger partial charge in [-0.2, -0.15) is 13.2 Å². The highest BCUT2D eigenvalue weighted by Gasteiger charge is 2.37. The van der Waals surface area contributed by atoms with Crippen LogP contribution in [0.25, 0.3) is 0 Å². The lowest BCUT2D eigenvalue weighted by molar-refractivity contribution is -0.139. The van der Waals surface area contributed by atoms with Crippen LogP contribution < -0.4 is 10.5 Å². The third-order valence-electron chi connectivity index (χ3n) is 2.65. The summed E-state index contributed by atoms with van der Waals surface area (Å²) in [6.07, 6.45) is -4.90. The minimum absolute atomic E-state index is 0.210. The van der Waals surface area contributed by atoms with Crippen LogP contribution >= 0.6 is 0 Å². The van der Waals surface area contributed by atoms with E-state index in [0.717, 1.165) is 6.07 Å². The van der Waals surface area contributed by atoms with Crippen LogP contribution in [0.5, 0.6) is 5.75 Å². The number of para-hydroxylation sites is 1. The normalized spacial score (nSPS) is 16.3. The van der Waals surface area contributed by atoms with Crippen molar-refractivity contribution in [3.8, 4) is 5.75 Å². The fourth-order valence-corrected chi connectivity index (χ4v) is 1.68. The zero-order chi connectivity index (χ0) is 13.3. The number of carbonyl (C=O) groups is 1. The number of likely N-dealkylation sites (tertiary alicyclic amines) is 1. The molecule has 1 aliphatic rings. The van der Waals surface area contributed by atoms with Crippen LogP contribution in [0.1, 0.15) is 5.56 Å². The molecule has 1 aromatic carbocycles. The maximum atomic E-state index is 12.7. The van der Waals surface area contributed by atoms with Gasteiger partial charge in [-0.1, -0.05) is 12.1 Å². The van der Waals surface area contributed by atoms with Crippen LogP contribution in [0.4, 0.5) is 18.0 Å². The van der Waals surface area contributed by atoms with Crippen molar-refractivity contribution in [1.82, 2.24) is 4.90 Å². The van der Waals surface area contributed by atoms with E-state index in [1.165, 1.54) is 23.1 Å². The number of nitrogens with two attached hydrogens (primary N) is 1. The number of carbonyl (C=O) groups excluding carboxylic acids is 1. The standard InChI is InChI=1S/C11H11F3N2O2/c12-11(13,14)8-3-1-2-4-9(8)18-7-5-16(6-7)10(15)17/h1-4,7H,5-6H2,(H2,15,17). The number of ether oxygens (including phenoxy) is 1. The molecule has 0 saturated carbocycles. The lowest BCUT2D eigenvalue weighted by Crippen LogP contribution is -2.57. The molecule has 98 valence electrons. The average molecular weight is 260 g/mol. The monoisotopic (exact) mass is 260 g/mol. The SMILES string of the molecule is NC(=O)N1CC(Oc2ccccc2C(F)(F)F)C1. The zero-order valence-electron chi connectivity index (χ0n) is 9.28. The van der Waals surface area contributed by atoms with Gasteiger partial charge in [-0.05, 0) is 12.1 Å². The summed E-state index contributed by atoms with van der Waals surface area (Å²) in [7, 11) is 0. The number of halogens is 3. The molecule has 2 amide bonds. The van der Waals surface area contributed by atoms with Crippen molar-refractivity contribution in [1.29, 1.82) is 0 Å².